The van der Waals surface area contributed by atoms with Crippen LogP contribution in [0.2, 0.25) is 5.02 Å². The second-order valence-electron chi connectivity index (χ2n) is 5.87. The molecule has 0 aliphatic carbocycles. The number of ether oxygens (including phenoxy) is 1. The number of carbonyl (C=O) groups excluding carboxylic acids is 1. The molecule has 0 unspecified atom stereocenters. The summed E-state index contributed by atoms with van der Waals surface area (Å²) in [6.45, 7) is 9.67. The molecule has 4 nitrogen and oxygen atoms in total. The summed E-state index contributed by atoms with van der Waals surface area (Å²) in [6.07, 6.45) is 0. The predicted octanol–water partition coefficient (Wildman–Crippen LogP) is 3.44. The summed E-state index contributed by atoms with van der Waals surface area (Å²) in [7, 11) is 0. The molecular formula is C15H23ClN2O2. The minimum Gasteiger partial charge on any atom is -0.492 e. The van der Waals surface area contributed by atoms with Gasteiger partial charge in [0.2, 0.25) is 5.91 Å². The van der Waals surface area contributed by atoms with Crippen molar-refractivity contribution in [1.82, 2.24) is 0 Å². The van der Waals surface area contributed by atoms with Gasteiger partial charge in [0.25, 0.3) is 0 Å². The zero-order valence-corrected chi connectivity index (χ0v) is 13.5. The first kappa shape index (κ1) is 16.8. The summed E-state index contributed by atoms with van der Waals surface area (Å²) in [4.78, 5) is 12.5. The number of nitrogens with one attached hydrogen (secondary N) is 1. The van der Waals surface area contributed by atoms with Gasteiger partial charge in [-0.1, -0.05) is 11.6 Å². The molecule has 0 aliphatic rings. The number of halogens is 1. The van der Waals surface area contributed by atoms with Crippen LogP contribution in [0.5, 0.6) is 5.75 Å². The van der Waals surface area contributed by atoms with E-state index >= 15 is 0 Å². The van der Waals surface area contributed by atoms with E-state index in [1.807, 2.05) is 34.6 Å². The zero-order chi connectivity index (χ0) is 15.6. The van der Waals surface area contributed by atoms with Crippen LogP contribution in [-0.2, 0) is 4.79 Å². The third-order valence-electron chi connectivity index (χ3n) is 3.67. The van der Waals surface area contributed by atoms with Gasteiger partial charge >= 0.3 is 0 Å². The smallest absolute Gasteiger partial charge is 0.231 e. The van der Waals surface area contributed by atoms with Gasteiger partial charge in [-0.25, -0.2) is 0 Å². The molecule has 3 N–H and O–H groups in total. The molecule has 0 fully saturated rings. The van der Waals surface area contributed by atoms with Crippen molar-refractivity contribution >= 4 is 23.2 Å². The topological polar surface area (TPSA) is 64.3 Å². The minimum atomic E-state index is -0.737. The average molecular weight is 299 g/mol. The first-order valence-electron chi connectivity index (χ1n) is 6.62. The Morgan fingerprint density at radius 2 is 1.95 bits per heavy atom. The van der Waals surface area contributed by atoms with E-state index < -0.39 is 11.0 Å². The van der Waals surface area contributed by atoms with Crippen LogP contribution in [0.25, 0.3) is 0 Å². The fourth-order valence-corrected chi connectivity index (χ4v) is 1.62. The van der Waals surface area contributed by atoms with Crippen molar-refractivity contribution in [2.75, 3.05) is 11.9 Å². The second kappa shape index (κ2) is 6.02. The highest BCUT2D eigenvalue weighted by molar-refractivity contribution is 6.31. The lowest BCUT2D eigenvalue weighted by Crippen LogP contribution is -2.53. The maximum absolute atomic E-state index is 12.5. The molecule has 0 atom stereocenters. The van der Waals surface area contributed by atoms with E-state index in [1.165, 1.54) is 0 Å². The summed E-state index contributed by atoms with van der Waals surface area (Å²) in [6, 6.07) is 5.13. The Labute approximate surface area is 125 Å². The number of anilines is 1. The van der Waals surface area contributed by atoms with Crippen molar-refractivity contribution in [2.45, 2.75) is 40.2 Å². The number of nitrogens with two attached hydrogens (primary N) is 1. The number of benzene rings is 1. The van der Waals surface area contributed by atoms with Crippen molar-refractivity contribution in [1.29, 1.82) is 0 Å². The lowest BCUT2D eigenvalue weighted by Gasteiger charge is -2.37. The number of amides is 1. The molecule has 1 rings (SSSR count). The van der Waals surface area contributed by atoms with E-state index in [0.29, 0.717) is 23.1 Å². The molecule has 1 amide bonds. The molecule has 1 aromatic rings. The highest BCUT2D eigenvalue weighted by atomic mass is 35.5. The Morgan fingerprint density at radius 1 is 1.35 bits per heavy atom. The maximum Gasteiger partial charge on any atom is 0.231 e. The summed E-state index contributed by atoms with van der Waals surface area (Å²) in [5, 5.41) is 3.39. The Hall–Kier alpha value is -1.26. The van der Waals surface area contributed by atoms with Crippen molar-refractivity contribution in [3.05, 3.63) is 23.2 Å². The largest absolute Gasteiger partial charge is 0.492 e. The summed E-state index contributed by atoms with van der Waals surface area (Å²) in [5.74, 6) is 0.420. The molecule has 0 heterocycles. The first-order chi connectivity index (χ1) is 9.09. The van der Waals surface area contributed by atoms with Gasteiger partial charge in [0.1, 0.15) is 5.75 Å². The van der Waals surface area contributed by atoms with Crippen LogP contribution >= 0.6 is 11.6 Å². The molecule has 0 radical (unpaired) electrons. The van der Waals surface area contributed by atoms with Crippen LogP contribution in [0.4, 0.5) is 5.69 Å². The second-order valence-corrected chi connectivity index (χ2v) is 6.31. The molecule has 112 valence electrons. The fourth-order valence-electron chi connectivity index (χ4n) is 1.45. The van der Waals surface area contributed by atoms with E-state index in [2.05, 4.69) is 5.32 Å². The highest BCUT2D eigenvalue weighted by Gasteiger charge is 2.40. The summed E-state index contributed by atoms with van der Waals surface area (Å²) in [5.41, 5.74) is 5.24. The van der Waals surface area contributed by atoms with Crippen molar-refractivity contribution in [3.8, 4) is 5.75 Å². The van der Waals surface area contributed by atoms with Gasteiger partial charge in [0, 0.05) is 10.6 Å². The van der Waals surface area contributed by atoms with Crippen LogP contribution < -0.4 is 15.8 Å². The van der Waals surface area contributed by atoms with Crippen molar-refractivity contribution in [2.24, 2.45) is 11.1 Å². The van der Waals surface area contributed by atoms with Gasteiger partial charge < -0.3 is 15.8 Å². The normalized spacial score (nSPS) is 12.2. The maximum atomic E-state index is 12.5. The number of hydrogen-bond donors (Lipinski definition) is 2. The molecule has 0 aliphatic heterocycles. The average Bonchev–Trinajstić information content (AvgIpc) is 2.31. The summed E-state index contributed by atoms with van der Waals surface area (Å²) < 4.78 is 5.49. The van der Waals surface area contributed by atoms with Gasteiger partial charge in [-0.05, 0) is 52.8 Å². The van der Waals surface area contributed by atoms with Crippen LogP contribution in [0, 0.1) is 5.41 Å². The Morgan fingerprint density at radius 3 is 2.45 bits per heavy atom. The third-order valence-corrected chi connectivity index (χ3v) is 3.90. The van der Waals surface area contributed by atoms with E-state index in [9.17, 15) is 4.79 Å². The van der Waals surface area contributed by atoms with Gasteiger partial charge in [-0.3, -0.25) is 4.79 Å². The van der Waals surface area contributed by atoms with E-state index in [-0.39, 0.29) is 5.91 Å². The van der Waals surface area contributed by atoms with Crippen molar-refractivity contribution < 1.29 is 9.53 Å². The minimum absolute atomic E-state index is 0.173. The Bertz CT molecular complexity index is 493. The molecule has 0 saturated carbocycles. The molecule has 0 bridgehead atoms. The molecule has 5 heteroatoms. The molecule has 20 heavy (non-hydrogen) atoms. The standard InChI is InChI=1S/C15H23ClN2O2/c1-6-20-12-8-7-10(16)9-11(12)18-13(19)14(2,3)15(4,5)17/h7-9H,6,17H2,1-5H3,(H,18,19). The van der Waals surface area contributed by atoms with E-state index in [1.54, 1.807) is 18.2 Å². The Balaban J connectivity index is 3.04. The zero-order valence-electron chi connectivity index (χ0n) is 12.7. The van der Waals surface area contributed by atoms with Crippen LogP contribution in [0.15, 0.2) is 18.2 Å². The van der Waals surface area contributed by atoms with Crippen LogP contribution in [0.1, 0.15) is 34.6 Å². The number of rotatable bonds is 5. The molecule has 0 spiro atoms. The van der Waals surface area contributed by atoms with Gasteiger partial charge in [-0.15, -0.1) is 0 Å². The molecular weight excluding hydrogens is 276 g/mol. The van der Waals surface area contributed by atoms with E-state index in [0.717, 1.165) is 0 Å². The number of carbonyl (C=O) groups is 1. The fraction of sp³-hybridized carbons (Fsp3) is 0.533. The highest BCUT2D eigenvalue weighted by Crippen LogP contribution is 2.33. The predicted molar refractivity (Wildman–Crippen MR) is 83.3 cm³/mol. The number of hydrogen-bond acceptors (Lipinski definition) is 3. The first-order valence-corrected chi connectivity index (χ1v) is 7.00. The van der Waals surface area contributed by atoms with Gasteiger partial charge in [0.15, 0.2) is 0 Å². The molecule has 1 aromatic carbocycles. The molecule has 0 saturated heterocycles. The van der Waals surface area contributed by atoms with Crippen LogP contribution in [-0.4, -0.2) is 18.1 Å². The van der Waals surface area contributed by atoms with Gasteiger partial charge in [-0.2, -0.15) is 0 Å². The van der Waals surface area contributed by atoms with E-state index in [4.69, 9.17) is 22.1 Å². The quantitative estimate of drug-likeness (QED) is 0.875. The lowest BCUT2D eigenvalue weighted by atomic mass is 9.74. The van der Waals surface area contributed by atoms with Crippen molar-refractivity contribution in [3.63, 3.8) is 0 Å². The van der Waals surface area contributed by atoms with Crippen LogP contribution in [0.3, 0.4) is 0 Å². The SMILES string of the molecule is CCOc1ccc(Cl)cc1NC(=O)C(C)(C)C(C)(C)N. The molecule has 0 aromatic heterocycles. The summed E-state index contributed by atoms with van der Waals surface area (Å²) >= 11 is 5.97. The van der Waals surface area contributed by atoms with Gasteiger partial charge in [0.05, 0.1) is 17.7 Å². The Kier molecular flexibility index (Phi) is 5.05. The lowest BCUT2D eigenvalue weighted by molar-refractivity contribution is -0.126. The third kappa shape index (κ3) is 3.64. The monoisotopic (exact) mass is 298 g/mol.